The summed E-state index contributed by atoms with van der Waals surface area (Å²) in [5.41, 5.74) is 1.84. The Hall–Kier alpha value is -2.16. The number of hydrogen-bond acceptors (Lipinski definition) is 3. The van der Waals surface area contributed by atoms with Crippen molar-refractivity contribution in [3.8, 4) is 5.75 Å². The van der Waals surface area contributed by atoms with E-state index in [2.05, 4.69) is 9.98 Å². The summed E-state index contributed by atoms with van der Waals surface area (Å²) in [5, 5.41) is 0. The van der Waals surface area contributed by atoms with Gasteiger partial charge in [0.25, 0.3) is 0 Å². The van der Waals surface area contributed by atoms with Crippen LogP contribution in [-0.2, 0) is 6.42 Å². The number of rotatable bonds is 4. The number of aromatic nitrogens is 1. The molecule has 1 aromatic carbocycles. The van der Waals surface area contributed by atoms with E-state index in [0.717, 1.165) is 23.6 Å². The maximum absolute atomic E-state index is 5.22. The third-order valence-electron chi connectivity index (χ3n) is 2.34. The summed E-state index contributed by atoms with van der Waals surface area (Å²) in [5.74, 6) is 0.782. The molecule has 0 N–H and O–H groups in total. The number of hydrogen-bond donors (Lipinski definition) is 0. The number of aliphatic imine (C=N–C) groups is 1. The van der Waals surface area contributed by atoms with Gasteiger partial charge in [-0.3, -0.25) is 9.98 Å². The van der Waals surface area contributed by atoms with Gasteiger partial charge in [0, 0.05) is 24.5 Å². The summed E-state index contributed by atoms with van der Waals surface area (Å²) in [6.45, 7) is 0. The van der Waals surface area contributed by atoms with Gasteiger partial charge in [-0.05, 0) is 24.3 Å². The van der Waals surface area contributed by atoms with Gasteiger partial charge in [0.1, 0.15) is 11.4 Å². The summed E-state index contributed by atoms with van der Waals surface area (Å²) in [6.07, 6.45) is 4.35. The molecule has 0 aliphatic heterocycles. The van der Waals surface area contributed by atoms with Gasteiger partial charge >= 0.3 is 0 Å². The van der Waals surface area contributed by atoms with E-state index < -0.39 is 0 Å². The van der Waals surface area contributed by atoms with Crippen molar-refractivity contribution in [1.29, 1.82) is 0 Å². The van der Waals surface area contributed by atoms with Crippen molar-refractivity contribution < 1.29 is 4.74 Å². The van der Waals surface area contributed by atoms with Crippen LogP contribution >= 0.6 is 0 Å². The van der Waals surface area contributed by atoms with Crippen LogP contribution in [0.3, 0.4) is 0 Å². The predicted molar refractivity (Wildman–Crippen MR) is 69.1 cm³/mol. The fraction of sp³-hybridized carbons (Fsp3) is 0.143. The first kappa shape index (κ1) is 11.3. The summed E-state index contributed by atoms with van der Waals surface area (Å²) in [4.78, 5) is 8.61. The van der Waals surface area contributed by atoms with E-state index in [-0.39, 0.29) is 0 Å². The second kappa shape index (κ2) is 5.80. The molecule has 0 spiro atoms. The third-order valence-corrected chi connectivity index (χ3v) is 2.34. The molecule has 0 fully saturated rings. The van der Waals surface area contributed by atoms with Crippen LogP contribution in [0.5, 0.6) is 5.75 Å². The molecule has 0 amide bonds. The van der Waals surface area contributed by atoms with Crippen LogP contribution in [0.1, 0.15) is 5.69 Å². The fourth-order valence-electron chi connectivity index (χ4n) is 1.49. The summed E-state index contributed by atoms with van der Waals surface area (Å²) in [6, 6.07) is 13.5. The molecule has 86 valence electrons. The van der Waals surface area contributed by atoms with Crippen LogP contribution in [0.4, 0.5) is 5.69 Å². The lowest BCUT2D eigenvalue weighted by atomic mass is 10.3. The summed E-state index contributed by atoms with van der Waals surface area (Å²) in [7, 11) is 1.65. The maximum atomic E-state index is 5.22. The Bertz CT molecular complexity index is 495. The zero-order valence-electron chi connectivity index (χ0n) is 9.71. The largest absolute Gasteiger partial charge is 0.494 e. The molecular weight excluding hydrogens is 212 g/mol. The minimum absolute atomic E-state index is 0.721. The number of nitrogens with zero attached hydrogens (tertiary/aromatic N) is 2. The highest BCUT2D eigenvalue weighted by Gasteiger charge is 1.97. The van der Waals surface area contributed by atoms with Gasteiger partial charge in [0.15, 0.2) is 0 Å². The van der Waals surface area contributed by atoms with Gasteiger partial charge < -0.3 is 4.74 Å². The normalized spacial score (nSPS) is 10.6. The molecule has 0 saturated carbocycles. The first-order valence-corrected chi connectivity index (χ1v) is 5.45. The van der Waals surface area contributed by atoms with E-state index in [9.17, 15) is 0 Å². The first-order chi connectivity index (χ1) is 8.40. The highest BCUT2D eigenvalue weighted by atomic mass is 16.5. The molecule has 3 nitrogen and oxygen atoms in total. The zero-order valence-corrected chi connectivity index (χ0v) is 9.71. The zero-order chi connectivity index (χ0) is 11.9. The van der Waals surface area contributed by atoms with Crippen molar-refractivity contribution in [1.82, 2.24) is 4.98 Å². The van der Waals surface area contributed by atoms with Gasteiger partial charge in [-0.15, -0.1) is 0 Å². The minimum Gasteiger partial charge on any atom is -0.494 e. The standard InChI is InChI=1S/C14H14N2O/c1-17-14-8-3-2-7-13(14)16-11-9-12-6-4-5-10-15-12/h2-8,10-11H,9H2,1H3. The summed E-state index contributed by atoms with van der Waals surface area (Å²) >= 11 is 0. The Balaban J connectivity index is 2.06. The van der Waals surface area contributed by atoms with E-state index in [1.807, 2.05) is 48.7 Å². The van der Waals surface area contributed by atoms with E-state index >= 15 is 0 Å². The van der Waals surface area contributed by atoms with Crippen molar-refractivity contribution in [2.75, 3.05) is 7.11 Å². The monoisotopic (exact) mass is 226 g/mol. The number of pyridine rings is 1. The first-order valence-electron chi connectivity index (χ1n) is 5.45. The van der Waals surface area contributed by atoms with Crippen molar-refractivity contribution in [2.45, 2.75) is 6.42 Å². The van der Waals surface area contributed by atoms with Gasteiger partial charge in [0.05, 0.1) is 7.11 Å². The molecule has 2 rings (SSSR count). The Morgan fingerprint density at radius 1 is 1.18 bits per heavy atom. The molecule has 2 aromatic rings. The molecule has 0 aliphatic rings. The van der Waals surface area contributed by atoms with Crippen molar-refractivity contribution in [3.05, 3.63) is 54.4 Å². The number of benzene rings is 1. The van der Waals surface area contributed by atoms with E-state index in [1.54, 1.807) is 13.3 Å². The maximum Gasteiger partial charge on any atom is 0.144 e. The molecule has 0 radical (unpaired) electrons. The lowest BCUT2D eigenvalue weighted by Gasteiger charge is -2.02. The van der Waals surface area contributed by atoms with Crippen LogP contribution in [0.15, 0.2) is 53.7 Å². The van der Waals surface area contributed by atoms with Crippen LogP contribution in [0, 0.1) is 0 Å². The Morgan fingerprint density at radius 2 is 2.00 bits per heavy atom. The van der Waals surface area contributed by atoms with E-state index in [0.29, 0.717) is 0 Å². The highest BCUT2D eigenvalue weighted by Crippen LogP contribution is 2.25. The molecule has 0 saturated heterocycles. The molecular formula is C14H14N2O. The van der Waals surface area contributed by atoms with Crippen LogP contribution in [-0.4, -0.2) is 18.3 Å². The van der Waals surface area contributed by atoms with Crippen LogP contribution in [0.2, 0.25) is 0 Å². The van der Waals surface area contributed by atoms with Crippen molar-refractivity contribution in [2.24, 2.45) is 4.99 Å². The molecule has 1 heterocycles. The molecule has 0 aliphatic carbocycles. The molecule has 3 heteroatoms. The molecule has 1 aromatic heterocycles. The second-order valence-corrected chi connectivity index (χ2v) is 3.51. The van der Waals surface area contributed by atoms with Gasteiger partial charge in [-0.25, -0.2) is 0 Å². The van der Waals surface area contributed by atoms with E-state index in [4.69, 9.17) is 4.74 Å². The Morgan fingerprint density at radius 3 is 2.76 bits per heavy atom. The Kier molecular flexibility index (Phi) is 3.86. The van der Waals surface area contributed by atoms with Crippen LogP contribution < -0.4 is 4.74 Å². The number of methoxy groups -OCH3 is 1. The van der Waals surface area contributed by atoms with Gasteiger partial charge in [-0.2, -0.15) is 0 Å². The molecule has 0 atom stereocenters. The quantitative estimate of drug-likeness (QED) is 0.751. The molecule has 0 bridgehead atoms. The summed E-state index contributed by atoms with van der Waals surface area (Å²) < 4.78 is 5.22. The third kappa shape index (κ3) is 3.14. The van der Waals surface area contributed by atoms with Crippen molar-refractivity contribution >= 4 is 11.9 Å². The van der Waals surface area contributed by atoms with Gasteiger partial charge in [0.2, 0.25) is 0 Å². The fourth-order valence-corrected chi connectivity index (χ4v) is 1.49. The number of ether oxygens (including phenoxy) is 1. The highest BCUT2D eigenvalue weighted by molar-refractivity contribution is 5.68. The smallest absolute Gasteiger partial charge is 0.144 e. The molecule has 17 heavy (non-hydrogen) atoms. The number of para-hydroxylation sites is 2. The second-order valence-electron chi connectivity index (χ2n) is 3.51. The topological polar surface area (TPSA) is 34.5 Å². The van der Waals surface area contributed by atoms with Crippen molar-refractivity contribution in [3.63, 3.8) is 0 Å². The SMILES string of the molecule is COc1ccccc1N=CCc1ccccn1. The van der Waals surface area contributed by atoms with Gasteiger partial charge in [-0.1, -0.05) is 18.2 Å². The lowest BCUT2D eigenvalue weighted by molar-refractivity contribution is 0.416. The predicted octanol–water partition coefficient (Wildman–Crippen LogP) is 3.04. The average molecular weight is 226 g/mol. The molecule has 0 unspecified atom stereocenters. The Labute approximate surface area is 101 Å². The average Bonchev–Trinajstić information content (AvgIpc) is 2.40. The minimum atomic E-state index is 0.721. The van der Waals surface area contributed by atoms with Crippen LogP contribution in [0.25, 0.3) is 0 Å². The lowest BCUT2D eigenvalue weighted by Crippen LogP contribution is -1.89. The van der Waals surface area contributed by atoms with E-state index in [1.165, 1.54) is 0 Å².